The molecule has 0 radical (unpaired) electrons. The molecule has 1 aromatic heterocycles. The van der Waals surface area contributed by atoms with Crippen LogP contribution in [0.1, 0.15) is 38.7 Å². The van der Waals surface area contributed by atoms with Gasteiger partial charge < -0.3 is 15.0 Å². The Kier molecular flexibility index (Phi) is 6.27. The van der Waals surface area contributed by atoms with Gasteiger partial charge in [0.2, 0.25) is 0 Å². The molecule has 4 heteroatoms. The molecule has 0 saturated carbocycles. The van der Waals surface area contributed by atoms with E-state index in [0.717, 1.165) is 38.6 Å². The number of pyridine rings is 1. The maximum atomic E-state index is 5.76. The minimum Gasteiger partial charge on any atom is -0.377 e. The van der Waals surface area contributed by atoms with Crippen molar-refractivity contribution in [3.8, 4) is 0 Å². The lowest BCUT2D eigenvalue weighted by atomic mass is 10.1. The lowest BCUT2D eigenvalue weighted by Crippen LogP contribution is -2.40. The van der Waals surface area contributed by atoms with E-state index in [1.807, 2.05) is 6.20 Å². The van der Waals surface area contributed by atoms with Crippen molar-refractivity contribution in [1.82, 2.24) is 10.3 Å². The fourth-order valence-electron chi connectivity index (χ4n) is 2.67. The van der Waals surface area contributed by atoms with E-state index in [2.05, 4.69) is 41.2 Å². The first-order valence-electron chi connectivity index (χ1n) is 7.85. The Hall–Kier alpha value is -1.13. The molecule has 20 heavy (non-hydrogen) atoms. The van der Waals surface area contributed by atoms with Crippen molar-refractivity contribution in [3.63, 3.8) is 0 Å². The number of anilines is 1. The van der Waals surface area contributed by atoms with Gasteiger partial charge in [-0.15, -0.1) is 0 Å². The molecular weight excluding hydrogens is 250 g/mol. The summed E-state index contributed by atoms with van der Waals surface area (Å²) in [5, 5.41) is 3.44. The minimum absolute atomic E-state index is 0.359. The molecule has 1 unspecified atom stereocenters. The smallest absolute Gasteiger partial charge is 0.128 e. The first kappa shape index (κ1) is 15.3. The summed E-state index contributed by atoms with van der Waals surface area (Å²) >= 11 is 0. The third-order valence-electron chi connectivity index (χ3n) is 3.67. The van der Waals surface area contributed by atoms with Gasteiger partial charge in [-0.3, -0.25) is 0 Å². The first-order chi connectivity index (χ1) is 9.83. The molecule has 0 amide bonds. The highest BCUT2D eigenvalue weighted by molar-refractivity contribution is 5.41. The summed E-state index contributed by atoms with van der Waals surface area (Å²) in [6.45, 7) is 9.09. The van der Waals surface area contributed by atoms with E-state index >= 15 is 0 Å². The summed E-state index contributed by atoms with van der Waals surface area (Å²) in [6, 6.07) is 4.30. The van der Waals surface area contributed by atoms with Crippen LogP contribution in [0.5, 0.6) is 0 Å². The van der Waals surface area contributed by atoms with E-state index in [0.29, 0.717) is 6.10 Å². The predicted octanol–water partition coefficient (Wildman–Crippen LogP) is 2.59. The third kappa shape index (κ3) is 4.46. The molecule has 1 fully saturated rings. The zero-order valence-corrected chi connectivity index (χ0v) is 12.8. The predicted molar refractivity (Wildman–Crippen MR) is 83.1 cm³/mol. The van der Waals surface area contributed by atoms with E-state index in [1.165, 1.54) is 24.8 Å². The normalized spacial score (nSPS) is 19.3. The fourth-order valence-corrected chi connectivity index (χ4v) is 2.67. The van der Waals surface area contributed by atoms with Crippen molar-refractivity contribution in [2.45, 2.75) is 45.8 Å². The van der Waals surface area contributed by atoms with Crippen LogP contribution >= 0.6 is 0 Å². The minimum atomic E-state index is 0.359. The van der Waals surface area contributed by atoms with Crippen LogP contribution in [0.25, 0.3) is 0 Å². The number of hydrogen-bond donors (Lipinski definition) is 1. The molecule has 2 rings (SSSR count). The maximum Gasteiger partial charge on any atom is 0.128 e. The molecule has 4 nitrogen and oxygen atoms in total. The van der Waals surface area contributed by atoms with Crippen LogP contribution < -0.4 is 10.2 Å². The van der Waals surface area contributed by atoms with Crippen LogP contribution in [0.2, 0.25) is 0 Å². The standard InChI is InChI=1S/C16H27N3O/c1-3-8-17-12-14-7-9-18-16(11-14)19-10-5-6-15(13-19)20-4-2/h7,9,11,15,17H,3-6,8,10,12-13H2,1-2H3. The quantitative estimate of drug-likeness (QED) is 0.777. The molecule has 0 spiro atoms. The molecule has 1 saturated heterocycles. The van der Waals surface area contributed by atoms with Gasteiger partial charge in [-0.1, -0.05) is 6.92 Å². The zero-order chi connectivity index (χ0) is 14.2. The van der Waals surface area contributed by atoms with Crippen LogP contribution in [0.4, 0.5) is 5.82 Å². The van der Waals surface area contributed by atoms with E-state index in [-0.39, 0.29) is 0 Å². The topological polar surface area (TPSA) is 37.4 Å². The Balaban J connectivity index is 1.95. The summed E-state index contributed by atoms with van der Waals surface area (Å²) in [7, 11) is 0. The highest BCUT2D eigenvalue weighted by Crippen LogP contribution is 2.20. The van der Waals surface area contributed by atoms with Gasteiger partial charge in [0.25, 0.3) is 0 Å². The zero-order valence-electron chi connectivity index (χ0n) is 12.8. The lowest BCUT2D eigenvalue weighted by molar-refractivity contribution is 0.0525. The Bertz CT molecular complexity index is 395. The molecule has 1 aliphatic rings. The second kappa shape index (κ2) is 8.22. The van der Waals surface area contributed by atoms with Gasteiger partial charge in [0.1, 0.15) is 5.82 Å². The second-order valence-corrected chi connectivity index (χ2v) is 5.36. The highest BCUT2D eigenvalue weighted by Gasteiger charge is 2.21. The molecule has 0 aromatic carbocycles. The van der Waals surface area contributed by atoms with E-state index in [1.54, 1.807) is 0 Å². The monoisotopic (exact) mass is 277 g/mol. The van der Waals surface area contributed by atoms with E-state index in [4.69, 9.17) is 4.74 Å². The number of piperidine rings is 1. The maximum absolute atomic E-state index is 5.76. The largest absolute Gasteiger partial charge is 0.377 e. The van der Waals surface area contributed by atoms with Gasteiger partial charge in [-0.25, -0.2) is 4.98 Å². The molecule has 1 aliphatic heterocycles. The summed E-state index contributed by atoms with van der Waals surface area (Å²) in [5.41, 5.74) is 1.31. The molecule has 2 heterocycles. The average Bonchev–Trinajstić information content (AvgIpc) is 2.49. The Morgan fingerprint density at radius 1 is 1.45 bits per heavy atom. The van der Waals surface area contributed by atoms with Crippen molar-refractivity contribution in [2.24, 2.45) is 0 Å². The number of hydrogen-bond acceptors (Lipinski definition) is 4. The van der Waals surface area contributed by atoms with E-state index in [9.17, 15) is 0 Å². The number of aromatic nitrogens is 1. The van der Waals surface area contributed by atoms with Gasteiger partial charge in [0.15, 0.2) is 0 Å². The molecule has 1 aromatic rings. The van der Waals surface area contributed by atoms with Crippen molar-refractivity contribution in [3.05, 3.63) is 23.9 Å². The summed E-state index contributed by atoms with van der Waals surface area (Å²) in [5.74, 6) is 1.09. The van der Waals surface area contributed by atoms with E-state index < -0.39 is 0 Å². The molecule has 1 atom stereocenters. The van der Waals surface area contributed by atoms with Crippen LogP contribution in [0.15, 0.2) is 18.3 Å². The SMILES string of the molecule is CCCNCc1ccnc(N2CCCC(OCC)C2)c1. The van der Waals surface area contributed by atoms with Crippen LogP contribution in [0, 0.1) is 0 Å². The van der Waals surface area contributed by atoms with Gasteiger partial charge >= 0.3 is 0 Å². The number of ether oxygens (including phenoxy) is 1. The van der Waals surface area contributed by atoms with Gasteiger partial charge in [-0.2, -0.15) is 0 Å². The molecule has 0 bridgehead atoms. The highest BCUT2D eigenvalue weighted by atomic mass is 16.5. The third-order valence-corrected chi connectivity index (χ3v) is 3.67. The number of nitrogens with zero attached hydrogens (tertiary/aromatic N) is 2. The van der Waals surface area contributed by atoms with Crippen LogP contribution in [0.3, 0.4) is 0 Å². The van der Waals surface area contributed by atoms with Gasteiger partial charge in [0.05, 0.1) is 6.10 Å². The number of rotatable bonds is 7. The molecule has 0 aliphatic carbocycles. The lowest BCUT2D eigenvalue weighted by Gasteiger charge is -2.33. The van der Waals surface area contributed by atoms with Crippen molar-refractivity contribution in [2.75, 3.05) is 31.1 Å². The second-order valence-electron chi connectivity index (χ2n) is 5.36. The fraction of sp³-hybridized carbons (Fsp3) is 0.688. The molecule has 112 valence electrons. The van der Waals surface area contributed by atoms with Crippen molar-refractivity contribution in [1.29, 1.82) is 0 Å². The number of nitrogens with one attached hydrogen (secondary N) is 1. The Labute approximate surface area is 122 Å². The van der Waals surface area contributed by atoms with Gasteiger partial charge in [-0.05, 0) is 50.4 Å². The van der Waals surface area contributed by atoms with Crippen molar-refractivity contribution >= 4 is 5.82 Å². The van der Waals surface area contributed by atoms with Crippen LogP contribution in [-0.2, 0) is 11.3 Å². The first-order valence-corrected chi connectivity index (χ1v) is 7.85. The summed E-state index contributed by atoms with van der Waals surface area (Å²) in [6.07, 6.45) is 5.80. The summed E-state index contributed by atoms with van der Waals surface area (Å²) in [4.78, 5) is 6.88. The average molecular weight is 277 g/mol. The Morgan fingerprint density at radius 2 is 2.35 bits per heavy atom. The molecular formula is C16H27N3O. The summed E-state index contributed by atoms with van der Waals surface area (Å²) < 4.78 is 5.76. The Morgan fingerprint density at radius 3 is 3.15 bits per heavy atom. The van der Waals surface area contributed by atoms with Gasteiger partial charge in [0, 0.05) is 32.4 Å². The molecule has 1 N–H and O–H groups in total. The van der Waals surface area contributed by atoms with Crippen molar-refractivity contribution < 1.29 is 4.74 Å². The van der Waals surface area contributed by atoms with Crippen LogP contribution in [-0.4, -0.2) is 37.3 Å².